The first-order valence-electron chi connectivity index (χ1n) is 15.7. The average Bonchev–Trinajstić information content (AvgIpc) is 2.92. The summed E-state index contributed by atoms with van der Waals surface area (Å²) in [5, 5.41) is 0. The maximum absolute atomic E-state index is 5.80. The highest BCUT2D eigenvalue weighted by Crippen LogP contribution is 2.47. The lowest BCUT2D eigenvalue weighted by atomic mass is 9.65. The minimum absolute atomic E-state index is 0.559. The van der Waals surface area contributed by atoms with E-state index in [1.165, 1.54) is 103 Å². The lowest BCUT2D eigenvalue weighted by Crippen LogP contribution is -2.29. The molecule has 3 saturated carbocycles. The molecule has 3 fully saturated rings. The summed E-state index contributed by atoms with van der Waals surface area (Å²) >= 11 is 0. The third-order valence-corrected chi connectivity index (χ3v) is 10.1. The number of ether oxygens (including phenoxy) is 1. The molecule has 35 heavy (non-hydrogen) atoms. The second-order valence-electron chi connectivity index (χ2n) is 12.4. The second-order valence-corrected chi connectivity index (χ2v) is 12.4. The summed E-state index contributed by atoms with van der Waals surface area (Å²) in [6.45, 7) is 5.33. The first-order chi connectivity index (χ1) is 17.3. The van der Waals surface area contributed by atoms with Gasteiger partial charge in [-0.3, -0.25) is 0 Å². The molecule has 0 N–H and O–H groups in total. The molecule has 0 radical (unpaired) electrons. The Morgan fingerprint density at radius 1 is 0.629 bits per heavy atom. The predicted octanol–water partition coefficient (Wildman–Crippen LogP) is 9.51. The van der Waals surface area contributed by atoms with Crippen molar-refractivity contribution in [1.82, 2.24) is 9.97 Å². The summed E-state index contributed by atoms with van der Waals surface area (Å²) < 4.78 is 5.80. The van der Waals surface area contributed by atoms with Crippen LogP contribution in [-0.2, 0) is 0 Å². The molecule has 0 aliphatic heterocycles. The lowest BCUT2D eigenvalue weighted by molar-refractivity contribution is 0.108. The predicted molar refractivity (Wildman–Crippen MR) is 147 cm³/mol. The Bertz CT molecular complexity index is 680. The normalized spacial score (nSPS) is 31.8. The lowest BCUT2D eigenvalue weighted by Gasteiger charge is -2.41. The van der Waals surface area contributed by atoms with E-state index < -0.39 is 0 Å². The van der Waals surface area contributed by atoms with E-state index in [0.717, 1.165) is 54.2 Å². The van der Waals surface area contributed by atoms with Crippen molar-refractivity contribution in [1.29, 1.82) is 0 Å². The van der Waals surface area contributed by atoms with Gasteiger partial charge in [-0.1, -0.05) is 65.2 Å². The van der Waals surface area contributed by atoms with Gasteiger partial charge in [0.15, 0.2) is 5.75 Å². The molecule has 3 aliphatic carbocycles. The maximum atomic E-state index is 5.80. The first-order valence-corrected chi connectivity index (χ1v) is 15.7. The van der Waals surface area contributed by atoms with Gasteiger partial charge in [-0.2, -0.15) is 0 Å². The van der Waals surface area contributed by atoms with Crippen LogP contribution in [0.5, 0.6) is 5.75 Å². The Labute approximate surface area is 216 Å². The van der Waals surface area contributed by atoms with Gasteiger partial charge in [0.05, 0.1) is 19.0 Å². The molecular weight excluding hydrogens is 428 g/mol. The van der Waals surface area contributed by atoms with E-state index in [2.05, 4.69) is 13.8 Å². The Kier molecular flexibility index (Phi) is 11.2. The van der Waals surface area contributed by atoms with Gasteiger partial charge in [0.1, 0.15) is 5.82 Å². The van der Waals surface area contributed by atoms with Crippen LogP contribution in [0.1, 0.15) is 148 Å². The summed E-state index contributed by atoms with van der Waals surface area (Å²) in [5.74, 6) is 7.57. The van der Waals surface area contributed by atoms with Crippen LogP contribution < -0.4 is 4.74 Å². The molecule has 3 nitrogen and oxygen atoms in total. The first kappa shape index (κ1) is 26.9. The van der Waals surface area contributed by atoms with Gasteiger partial charge >= 0.3 is 0 Å². The molecule has 0 unspecified atom stereocenters. The van der Waals surface area contributed by atoms with Crippen LogP contribution >= 0.6 is 0 Å². The molecule has 1 heterocycles. The highest BCUT2D eigenvalue weighted by molar-refractivity contribution is 5.14. The summed E-state index contributed by atoms with van der Waals surface area (Å²) in [6.07, 6.45) is 30.7. The van der Waals surface area contributed by atoms with E-state index >= 15 is 0 Å². The van der Waals surface area contributed by atoms with Crippen molar-refractivity contribution in [2.45, 2.75) is 142 Å². The molecule has 3 heteroatoms. The fourth-order valence-corrected chi connectivity index (χ4v) is 7.72. The third kappa shape index (κ3) is 8.19. The van der Waals surface area contributed by atoms with Crippen LogP contribution in [-0.4, -0.2) is 16.6 Å². The molecule has 0 bridgehead atoms. The fourth-order valence-electron chi connectivity index (χ4n) is 7.72. The van der Waals surface area contributed by atoms with E-state index in [1.807, 2.05) is 12.4 Å². The molecule has 1 aromatic rings. The third-order valence-electron chi connectivity index (χ3n) is 10.1. The van der Waals surface area contributed by atoms with Crippen LogP contribution in [0.2, 0.25) is 0 Å². The summed E-state index contributed by atoms with van der Waals surface area (Å²) in [7, 11) is 0. The van der Waals surface area contributed by atoms with E-state index in [4.69, 9.17) is 14.7 Å². The second kappa shape index (κ2) is 14.6. The number of unbranched alkanes of at least 4 members (excludes halogenated alkanes) is 4. The van der Waals surface area contributed by atoms with E-state index in [0.29, 0.717) is 5.92 Å². The number of aromatic nitrogens is 2. The van der Waals surface area contributed by atoms with Crippen molar-refractivity contribution in [3.05, 3.63) is 18.2 Å². The van der Waals surface area contributed by atoms with E-state index in [-0.39, 0.29) is 0 Å². The van der Waals surface area contributed by atoms with Gasteiger partial charge < -0.3 is 4.74 Å². The summed E-state index contributed by atoms with van der Waals surface area (Å²) in [6, 6.07) is 0. The van der Waals surface area contributed by atoms with Crippen molar-refractivity contribution in [3.63, 3.8) is 0 Å². The summed E-state index contributed by atoms with van der Waals surface area (Å²) in [5.41, 5.74) is 0. The van der Waals surface area contributed by atoms with Crippen LogP contribution in [0.3, 0.4) is 0 Å². The summed E-state index contributed by atoms with van der Waals surface area (Å²) in [4.78, 5) is 9.38. The largest absolute Gasteiger partial charge is 0.490 e. The van der Waals surface area contributed by atoms with Crippen molar-refractivity contribution >= 4 is 0 Å². The van der Waals surface area contributed by atoms with Crippen LogP contribution in [0.25, 0.3) is 0 Å². The Morgan fingerprint density at radius 3 is 1.66 bits per heavy atom. The van der Waals surface area contributed by atoms with Crippen molar-refractivity contribution in [2.75, 3.05) is 6.61 Å². The number of rotatable bonds is 12. The molecule has 198 valence electrons. The molecule has 4 rings (SSSR count). The van der Waals surface area contributed by atoms with E-state index in [9.17, 15) is 0 Å². The highest BCUT2D eigenvalue weighted by Gasteiger charge is 2.35. The maximum Gasteiger partial charge on any atom is 0.155 e. The highest BCUT2D eigenvalue weighted by atomic mass is 16.5. The fraction of sp³-hybridized carbons (Fsp3) is 0.875. The Hall–Kier alpha value is -1.12. The number of hydrogen-bond acceptors (Lipinski definition) is 3. The minimum atomic E-state index is 0.559. The van der Waals surface area contributed by atoms with Crippen molar-refractivity contribution in [2.24, 2.45) is 29.6 Å². The van der Waals surface area contributed by atoms with Crippen LogP contribution in [0.15, 0.2) is 12.4 Å². The Morgan fingerprint density at radius 2 is 1.11 bits per heavy atom. The van der Waals surface area contributed by atoms with Gasteiger partial charge in [0.25, 0.3) is 0 Å². The van der Waals surface area contributed by atoms with Gasteiger partial charge in [-0.25, -0.2) is 9.97 Å². The standard InChI is InChI=1S/C32H54N2O/c1-3-5-7-9-25-10-12-26(13-11-25)27-14-16-28(17-15-27)29-18-20-30(21-19-29)32-33-23-31(24-34-32)35-22-8-6-4-2/h23-30H,3-22H2,1-2H3/t25-,26-,27-,28-,29-,30-. The zero-order valence-electron chi connectivity index (χ0n) is 23.1. The minimum Gasteiger partial charge on any atom is -0.490 e. The van der Waals surface area contributed by atoms with E-state index in [1.54, 1.807) is 12.8 Å². The molecular formula is C32H54N2O. The monoisotopic (exact) mass is 482 g/mol. The molecule has 0 saturated heterocycles. The van der Waals surface area contributed by atoms with Crippen LogP contribution in [0.4, 0.5) is 0 Å². The quantitative estimate of drug-likeness (QED) is 0.278. The molecule has 0 aromatic carbocycles. The molecule has 0 amide bonds. The molecule has 1 aromatic heterocycles. The van der Waals surface area contributed by atoms with Crippen molar-refractivity contribution < 1.29 is 4.74 Å². The van der Waals surface area contributed by atoms with Crippen LogP contribution in [0, 0.1) is 29.6 Å². The zero-order valence-corrected chi connectivity index (χ0v) is 23.1. The van der Waals surface area contributed by atoms with Crippen molar-refractivity contribution in [3.8, 4) is 5.75 Å². The number of nitrogens with zero attached hydrogens (tertiary/aromatic N) is 2. The molecule has 3 aliphatic rings. The van der Waals surface area contributed by atoms with Gasteiger partial charge in [-0.15, -0.1) is 0 Å². The molecule has 0 atom stereocenters. The molecule has 0 spiro atoms. The van der Waals surface area contributed by atoms with Gasteiger partial charge in [0.2, 0.25) is 0 Å². The zero-order chi connectivity index (χ0) is 24.3. The van der Waals surface area contributed by atoms with Gasteiger partial charge in [0, 0.05) is 5.92 Å². The SMILES string of the molecule is CCCCCOc1cnc([C@H]2CC[C@H]([C@H]3CC[C@H]([C@H]4CC[C@H](CCCCC)CC4)CC3)CC2)nc1. The topological polar surface area (TPSA) is 35.0 Å². The smallest absolute Gasteiger partial charge is 0.155 e. The number of hydrogen-bond donors (Lipinski definition) is 0. The van der Waals surface area contributed by atoms with Gasteiger partial charge in [-0.05, 0) is 100 Å². The Balaban J connectivity index is 1.12. The average molecular weight is 483 g/mol.